The number of alkyl halides is 2. The number of rotatable bonds is 6. The molecule has 6 nitrogen and oxygen atoms in total. The number of aromatic nitrogens is 3. The van der Waals surface area contributed by atoms with Crippen LogP contribution in [0.1, 0.15) is 6.92 Å². The molecule has 0 aliphatic rings. The van der Waals surface area contributed by atoms with Crippen molar-refractivity contribution >= 4 is 34.8 Å². The summed E-state index contributed by atoms with van der Waals surface area (Å²) >= 11 is 11.1. The van der Waals surface area contributed by atoms with Crippen molar-refractivity contribution in [3.8, 4) is 23.1 Å². The zero-order valence-corrected chi connectivity index (χ0v) is 15.7. The average molecular weight is 409 g/mol. The highest BCUT2D eigenvalue weighted by Gasteiger charge is 2.16. The Hall–Kier alpha value is -2.64. The maximum atomic E-state index is 13.6. The van der Waals surface area contributed by atoms with Crippen LogP contribution in [0.4, 0.5) is 10.1 Å². The third kappa shape index (κ3) is 4.56. The summed E-state index contributed by atoms with van der Waals surface area (Å²) < 4.78 is 20.5. The Morgan fingerprint density at radius 3 is 2.63 bits per heavy atom. The fraction of sp³-hybridized carbons (Fsp3) is 0.167. The molecule has 9 heteroatoms. The van der Waals surface area contributed by atoms with Gasteiger partial charge in [-0.25, -0.2) is 9.07 Å². The van der Waals surface area contributed by atoms with E-state index in [0.29, 0.717) is 29.4 Å². The van der Waals surface area contributed by atoms with Crippen molar-refractivity contribution < 1.29 is 13.9 Å². The number of hydrogen-bond acceptors (Lipinski definition) is 4. The van der Waals surface area contributed by atoms with Gasteiger partial charge in [-0.1, -0.05) is 35.3 Å². The molecule has 0 saturated heterocycles. The molecule has 0 bridgehead atoms. The highest BCUT2D eigenvalue weighted by Crippen LogP contribution is 2.25. The minimum atomic E-state index is -1.16. The lowest BCUT2D eigenvalue weighted by Gasteiger charge is -2.08. The monoisotopic (exact) mass is 408 g/mol. The molecule has 27 heavy (non-hydrogen) atoms. The molecule has 1 N–H and O–H groups in total. The first-order valence-electron chi connectivity index (χ1n) is 8.03. The van der Waals surface area contributed by atoms with Gasteiger partial charge in [0.2, 0.25) is 0 Å². The van der Waals surface area contributed by atoms with Crippen LogP contribution in [0.2, 0.25) is 0 Å². The maximum absolute atomic E-state index is 13.6. The van der Waals surface area contributed by atoms with Crippen molar-refractivity contribution in [2.75, 3.05) is 11.9 Å². The van der Waals surface area contributed by atoms with Crippen LogP contribution in [-0.2, 0) is 4.79 Å². The molecule has 0 aliphatic heterocycles. The molecular formula is C18H15Cl2FN4O2. The number of carbonyl (C=O) groups excluding carboxylic acids is 1. The largest absolute Gasteiger partial charge is 0.463 e. The molecule has 0 fully saturated rings. The smallest absolute Gasteiger partial charge is 0.336 e. The van der Waals surface area contributed by atoms with Gasteiger partial charge in [-0.05, 0) is 43.3 Å². The number of hydrogen-bond donors (Lipinski definition) is 1. The lowest BCUT2D eigenvalue weighted by molar-refractivity contribution is -0.114. The van der Waals surface area contributed by atoms with Gasteiger partial charge >= 0.3 is 6.01 Å². The van der Waals surface area contributed by atoms with E-state index in [-0.39, 0.29) is 11.8 Å². The minimum Gasteiger partial charge on any atom is -0.463 e. The normalized spacial score (nSPS) is 10.9. The Bertz CT molecular complexity index is 945. The number of anilines is 1. The second-order valence-electron chi connectivity index (χ2n) is 5.41. The fourth-order valence-corrected chi connectivity index (χ4v) is 2.47. The van der Waals surface area contributed by atoms with E-state index < -0.39 is 10.7 Å². The van der Waals surface area contributed by atoms with Gasteiger partial charge in [0.1, 0.15) is 5.82 Å². The van der Waals surface area contributed by atoms with E-state index in [4.69, 9.17) is 27.9 Å². The predicted molar refractivity (Wildman–Crippen MR) is 102 cm³/mol. The van der Waals surface area contributed by atoms with Crippen molar-refractivity contribution in [3.63, 3.8) is 0 Å². The summed E-state index contributed by atoms with van der Waals surface area (Å²) in [7, 11) is 0. The van der Waals surface area contributed by atoms with Crippen LogP contribution >= 0.6 is 23.2 Å². The van der Waals surface area contributed by atoms with Crippen molar-refractivity contribution in [2.24, 2.45) is 0 Å². The van der Waals surface area contributed by atoms with E-state index in [9.17, 15) is 9.18 Å². The number of halogens is 3. The molecule has 0 saturated carbocycles. The zero-order chi connectivity index (χ0) is 19.4. The van der Waals surface area contributed by atoms with Gasteiger partial charge in [0, 0.05) is 11.3 Å². The SMILES string of the molecule is CCOc1nc(-c2cccc(F)c2)n(-c2ccc(NC(=O)C(Cl)Cl)cc2)n1. The van der Waals surface area contributed by atoms with Gasteiger partial charge in [-0.15, -0.1) is 5.10 Å². The topological polar surface area (TPSA) is 69.0 Å². The first-order valence-corrected chi connectivity index (χ1v) is 8.90. The van der Waals surface area contributed by atoms with Crippen molar-refractivity contribution in [1.29, 1.82) is 0 Å². The lowest BCUT2D eigenvalue weighted by atomic mass is 10.2. The van der Waals surface area contributed by atoms with Gasteiger partial charge in [0.25, 0.3) is 5.91 Å². The number of benzene rings is 2. The molecule has 1 amide bonds. The number of amides is 1. The average Bonchev–Trinajstić information content (AvgIpc) is 3.06. The molecule has 3 rings (SSSR count). The molecule has 1 heterocycles. The molecule has 2 aromatic carbocycles. The Kier molecular flexibility index (Phi) is 5.93. The summed E-state index contributed by atoms with van der Waals surface area (Å²) in [4.78, 5) is 14.7. The minimum absolute atomic E-state index is 0.182. The van der Waals surface area contributed by atoms with E-state index >= 15 is 0 Å². The Labute approximate surface area is 164 Å². The van der Waals surface area contributed by atoms with E-state index in [1.165, 1.54) is 16.8 Å². The second kappa shape index (κ2) is 8.37. The summed E-state index contributed by atoms with van der Waals surface area (Å²) in [6, 6.07) is 13.0. The van der Waals surface area contributed by atoms with Crippen LogP contribution in [0, 0.1) is 5.82 Å². The number of nitrogens with zero attached hydrogens (tertiary/aromatic N) is 3. The summed E-state index contributed by atoms with van der Waals surface area (Å²) in [5, 5.41) is 6.90. The van der Waals surface area contributed by atoms with E-state index in [1.807, 2.05) is 6.92 Å². The standard InChI is InChI=1S/C18H15Cl2FN4O2/c1-2-27-18-23-16(11-4-3-5-12(21)10-11)25(24-18)14-8-6-13(7-9-14)22-17(26)15(19)20/h3-10,15H,2H2,1H3,(H,22,26). The predicted octanol–water partition coefficient (Wildman–Crippen LogP) is 4.21. The summed E-state index contributed by atoms with van der Waals surface area (Å²) in [6.45, 7) is 2.22. The van der Waals surface area contributed by atoms with Crippen LogP contribution < -0.4 is 10.1 Å². The summed E-state index contributed by atoms with van der Waals surface area (Å²) in [5.74, 6) is -0.475. The van der Waals surface area contributed by atoms with E-state index in [1.54, 1.807) is 36.4 Å². The van der Waals surface area contributed by atoms with Gasteiger partial charge in [0.15, 0.2) is 10.7 Å². The second-order valence-corrected chi connectivity index (χ2v) is 6.51. The van der Waals surface area contributed by atoms with Crippen molar-refractivity contribution in [1.82, 2.24) is 14.8 Å². The third-order valence-electron chi connectivity index (χ3n) is 3.52. The maximum Gasteiger partial charge on any atom is 0.336 e. The van der Waals surface area contributed by atoms with Gasteiger partial charge in [-0.2, -0.15) is 4.98 Å². The highest BCUT2D eigenvalue weighted by atomic mass is 35.5. The first kappa shape index (κ1) is 19.1. The van der Waals surface area contributed by atoms with E-state index in [2.05, 4.69) is 15.4 Å². The van der Waals surface area contributed by atoms with Crippen LogP contribution in [-0.4, -0.2) is 32.1 Å². The van der Waals surface area contributed by atoms with Crippen molar-refractivity contribution in [3.05, 3.63) is 54.3 Å². The molecule has 3 aromatic rings. The quantitative estimate of drug-likeness (QED) is 0.620. The Morgan fingerprint density at radius 1 is 1.26 bits per heavy atom. The van der Waals surface area contributed by atoms with E-state index in [0.717, 1.165) is 0 Å². The molecular weight excluding hydrogens is 394 g/mol. The molecule has 0 aliphatic carbocycles. The fourth-order valence-electron chi connectivity index (χ4n) is 2.36. The molecule has 140 valence electrons. The van der Waals surface area contributed by atoms with Crippen LogP contribution in [0.3, 0.4) is 0 Å². The zero-order valence-electron chi connectivity index (χ0n) is 14.2. The highest BCUT2D eigenvalue weighted by molar-refractivity contribution is 6.54. The molecule has 0 unspecified atom stereocenters. The summed E-state index contributed by atoms with van der Waals surface area (Å²) in [6.07, 6.45) is 0. The third-order valence-corrected chi connectivity index (χ3v) is 3.92. The Morgan fingerprint density at radius 2 is 2.00 bits per heavy atom. The van der Waals surface area contributed by atoms with Crippen LogP contribution in [0.15, 0.2) is 48.5 Å². The number of ether oxygens (including phenoxy) is 1. The van der Waals surface area contributed by atoms with Gasteiger partial charge in [-0.3, -0.25) is 4.79 Å². The number of nitrogens with one attached hydrogen (secondary N) is 1. The first-order chi connectivity index (χ1) is 13.0. The van der Waals surface area contributed by atoms with Crippen LogP contribution in [0.5, 0.6) is 6.01 Å². The molecule has 0 spiro atoms. The van der Waals surface area contributed by atoms with Crippen LogP contribution in [0.25, 0.3) is 17.1 Å². The van der Waals surface area contributed by atoms with Gasteiger partial charge < -0.3 is 10.1 Å². The van der Waals surface area contributed by atoms with Crippen molar-refractivity contribution in [2.45, 2.75) is 11.8 Å². The molecule has 1 aromatic heterocycles. The molecule has 0 atom stereocenters. The lowest BCUT2D eigenvalue weighted by Crippen LogP contribution is -2.18. The number of carbonyl (C=O) groups is 1. The van der Waals surface area contributed by atoms with Gasteiger partial charge in [0.05, 0.1) is 12.3 Å². The Balaban J connectivity index is 1.96. The molecule has 0 radical (unpaired) electrons. The summed E-state index contributed by atoms with van der Waals surface area (Å²) in [5.41, 5.74) is 1.73.